The van der Waals surface area contributed by atoms with Crippen LogP contribution in [-0.4, -0.2) is 132 Å². The van der Waals surface area contributed by atoms with Crippen molar-refractivity contribution in [3.63, 3.8) is 0 Å². The van der Waals surface area contributed by atoms with Crippen molar-refractivity contribution in [1.29, 1.82) is 0 Å². The molecule has 2 amide bonds. The zero-order valence-electron chi connectivity index (χ0n) is 62.4. The summed E-state index contributed by atoms with van der Waals surface area (Å²) in [4.78, 5) is 182. The summed E-state index contributed by atoms with van der Waals surface area (Å²) in [6, 6.07) is 23.5. The Morgan fingerprint density at radius 3 is 1.15 bits per heavy atom. The first-order chi connectivity index (χ1) is 53.8. The Hall–Kier alpha value is -13.8. The molecule has 9 aromatic rings. The summed E-state index contributed by atoms with van der Waals surface area (Å²) in [6.07, 6.45) is -1.51. The van der Waals surface area contributed by atoms with Crippen LogP contribution in [0.5, 0.6) is 0 Å². The number of cyclic esters (lactones) is 3. The molecule has 0 fully saturated rings. The van der Waals surface area contributed by atoms with Gasteiger partial charge in [0, 0.05) is 51.6 Å². The van der Waals surface area contributed by atoms with Gasteiger partial charge in [-0.2, -0.15) is 0 Å². The van der Waals surface area contributed by atoms with Gasteiger partial charge in [0.05, 0.1) is 125 Å². The number of aliphatic carboxylic acids is 1. The van der Waals surface area contributed by atoms with E-state index in [1.807, 2.05) is 0 Å². The second-order valence-electron chi connectivity index (χ2n) is 28.8. The molecule has 6 aromatic heterocycles. The fourth-order valence-electron chi connectivity index (χ4n) is 14.1. The number of hydrogen-bond donors (Lipinski definition) is 5. The van der Waals surface area contributed by atoms with E-state index < -0.39 is 122 Å². The number of aliphatic hydroxyl groups is 1. The van der Waals surface area contributed by atoms with Crippen molar-refractivity contribution < 1.29 is 96.5 Å². The van der Waals surface area contributed by atoms with Gasteiger partial charge in [0.2, 0.25) is 11.2 Å². The topological polar surface area (TPSA) is 526 Å². The van der Waals surface area contributed by atoms with Crippen molar-refractivity contribution >= 4 is 97.8 Å². The minimum atomic E-state index is -1.94. The van der Waals surface area contributed by atoms with E-state index in [-0.39, 0.29) is 137 Å². The van der Waals surface area contributed by atoms with Crippen LogP contribution in [0.3, 0.4) is 0 Å². The second kappa shape index (κ2) is 33.0. The number of benzene rings is 3. The highest BCUT2D eigenvalue weighted by Crippen LogP contribution is 2.45. The predicted octanol–water partition coefficient (Wildman–Crippen LogP) is 9.05. The van der Waals surface area contributed by atoms with Gasteiger partial charge in [-0.25, -0.2) is 38.9 Å². The average molecular weight is 1620 g/mol. The molecule has 616 valence electrons. The SMILES string of the molecule is C.C.C.CC(C)(C)OC(=O)NCC(=O)O.CC[C@@]1(O)C(=O)OCc2c1cc1n(c2=O)Cc2cc3c([N+](=O)[O-])cccc3nc2-1.CC[C@@]1(OC(=O)CN)C(=O)OCc2c1cc1n(c2=O)Cc2cc3c([N+](=O)[O-])cccc3nc2-1.CC[C@@]1(OC(=O)CNC(=O)OC(C)(C)C)C(=O)OCc2c1cc1n(c2=O)Cc2cc3c([N+](=O)[O-])cccc3nc2-1. The minimum absolute atomic E-state index is 0. The summed E-state index contributed by atoms with van der Waals surface area (Å²) in [5, 5.41) is 58.8. The van der Waals surface area contributed by atoms with Crippen molar-refractivity contribution in [1.82, 2.24) is 39.3 Å². The van der Waals surface area contributed by atoms with E-state index in [1.165, 1.54) is 38.0 Å². The van der Waals surface area contributed by atoms with Crippen LogP contribution in [0.1, 0.15) is 154 Å². The molecule has 0 saturated carbocycles. The number of fused-ring (bicyclic) bond motifs is 15. The number of carboxylic acid groups (broad SMARTS) is 1. The summed E-state index contributed by atoms with van der Waals surface area (Å²) >= 11 is 0. The number of nitrogens with one attached hydrogen (secondary N) is 2. The maximum atomic E-state index is 13.6. The number of esters is 5. The van der Waals surface area contributed by atoms with E-state index in [0.717, 1.165) is 0 Å². The van der Waals surface area contributed by atoms with Crippen LogP contribution in [0.15, 0.2) is 105 Å². The third-order valence-electron chi connectivity index (χ3n) is 19.4. The maximum absolute atomic E-state index is 13.6. The molecule has 0 aliphatic carbocycles. The smallest absolute Gasteiger partial charge is 0.408 e. The maximum Gasteiger partial charge on any atom is 0.408 e. The van der Waals surface area contributed by atoms with Crippen LogP contribution in [0.25, 0.3) is 66.9 Å². The number of pyridine rings is 6. The van der Waals surface area contributed by atoms with Gasteiger partial charge in [0.1, 0.15) is 44.1 Å². The lowest BCUT2D eigenvalue weighted by Crippen LogP contribution is -2.49. The number of nitro groups is 3. The monoisotopic (exact) mass is 1620 g/mol. The molecule has 6 N–H and O–H groups in total. The normalized spacial score (nSPS) is 17.0. The number of carbonyl (C=O) groups is 8. The van der Waals surface area contributed by atoms with Crippen molar-refractivity contribution in [2.75, 3.05) is 19.6 Å². The number of carboxylic acids is 1. The third-order valence-corrected chi connectivity index (χ3v) is 19.4. The predicted molar refractivity (Wildman–Crippen MR) is 417 cm³/mol. The Morgan fingerprint density at radius 1 is 0.504 bits per heavy atom. The molecule has 38 heteroatoms. The van der Waals surface area contributed by atoms with Crippen LogP contribution in [0.2, 0.25) is 0 Å². The van der Waals surface area contributed by atoms with Gasteiger partial charge in [-0.15, -0.1) is 0 Å². The Morgan fingerprint density at radius 2 is 0.829 bits per heavy atom. The number of hydrogen-bond acceptors (Lipinski definition) is 29. The Kier molecular flexibility index (Phi) is 24.6. The number of nitrogens with zero attached hydrogens (tertiary/aromatic N) is 9. The second-order valence-corrected chi connectivity index (χ2v) is 28.8. The number of aromatic nitrogens is 6. The highest BCUT2D eigenvalue weighted by molar-refractivity contribution is 5.95. The van der Waals surface area contributed by atoms with Crippen molar-refractivity contribution in [3.05, 3.63) is 202 Å². The van der Waals surface area contributed by atoms with Gasteiger partial charge in [-0.1, -0.05) is 61.3 Å². The first kappa shape index (κ1) is 87.2. The zero-order chi connectivity index (χ0) is 82.7. The van der Waals surface area contributed by atoms with Crippen LogP contribution in [0.4, 0.5) is 26.7 Å². The van der Waals surface area contributed by atoms with E-state index in [0.29, 0.717) is 83.6 Å². The van der Waals surface area contributed by atoms with E-state index in [9.17, 15) is 88.2 Å². The average Bonchev–Trinajstić information content (AvgIpc) is 1.63. The highest BCUT2D eigenvalue weighted by Gasteiger charge is 2.53. The molecule has 3 atom stereocenters. The molecule has 0 radical (unpaired) electrons. The van der Waals surface area contributed by atoms with Crippen LogP contribution in [0, 0.1) is 30.3 Å². The van der Waals surface area contributed by atoms with Crippen LogP contribution < -0.4 is 33.0 Å². The molecule has 38 nitrogen and oxygen atoms in total. The number of nitrogens with two attached hydrogens (primary N) is 1. The van der Waals surface area contributed by atoms with E-state index in [4.69, 9.17) is 44.0 Å². The largest absolute Gasteiger partial charge is 0.480 e. The number of amides is 2. The van der Waals surface area contributed by atoms with Gasteiger partial charge >= 0.3 is 48.0 Å². The number of nitro benzene ring substituents is 3. The van der Waals surface area contributed by atoms with Crippen LogP contribution in [-0.2, 0) is 118 Å². The lowest BCUT2D eigenvalue weighted by Gasteiger charge is -2.35. The Labute approximate surface area is 664 Å². The quantitative estimate of drug-likeness (QED) is 0.0311. The summed E-state index contributed by atoms with van der Waals surface area (Å²) in [5.74, 6) is -5.24. The number of ether oxygens (including phenoxy) is 7. The number of alkyl carbamates (subject to hydrolysis) is 2. The lowest BCUT2D eigenvalue weighted by atomic mass is 9.85. The molecular weight excluding hydrogens is 1530 g/mol. The Bertz CT molecular complexity index is 5900. The summed E-state index contributed by atoms with van der Waals surface area (Å²) in [5.41, 5.74) is 3.91. The molecular formula is C79H84N12O26. The fraction of sp³-hybridized carbons (Fsp3) is 0.367. The van der Waals surface area contributed by atoms with Gasteiger partial charge in [0.15, 0.2) is 5.60 Å². The molecule has 0 bridgehead atoms. The minimum Gasteiger partial charge on any atom is -0.480 e. The molecule has 0 spiro atoms. The standard InChI is InChI=1S/C27H26N4O9.C22H18N4O7.C20H15N3O6.C7H13NO4.3CH4/c1-5-27(39-21(32)11-28-25(35)40-26(2,3)4)17-10-20-22-14(12-30(20)23(33)16(17)13-38-24(27)34)9-15-18(29-22)7-6-8-19(15)31(36)37;1-2-22(33-18(27)8-23)14-7-17-19-11(9-25(17)20(28)13(14)10-32-21(22)29)6-12-15(24-19)4-3-5-16(12)26(30)31;1-2-20(26)13-7-16-17-10(8-22(16)18(24)12(13)9-29-19(20)25)6-11-14(21-17)4-3-5-15(11)23(27)28;1-7(2,3)12-6(11)8-4-5(9)10;;;/h6-10H,5,11-13H2,1-4H3,(H,28,35);3-7H,2,8-10,23H2,1H3;3-7,26H,2,8-9H2,1H3;4H2,1-3H3,(H,8,11)(H,9,10);3*1H4/t27-;22-;20-;;;;/m000..../s1. The summed E-state index contributed by atoms with van der Waals surface area (Å²) in [7, 11) is 0. The molecule has 12 heterocycles. The van der Waals surface area contributed by atoms with Crippen LogP contribution >= 0.6 is 0 Å². The number of non-ortho nitro benzene ring substituents is 3. The molecule has 6 aliphatic rings. The van der Waals surface area contributed by atoms with E-state index in [1.54, 1.807) is 129 Å². The summed E-state index contributed by atoms with van der Waals surface area (Å²) in [6.45, 7) is 13.2. The zero-order valence-corrected chi connectivity index (χ0v) is 62.4. The van der Waals surface area contributed by atoms with Gasteiger partial charge in [-0.05, 0) is 115 Å². The lowest BCUT2D eigenvalue weighted by molar-refractivity contribution is -0.383. The first-order valence-electron chi connectivity index (χ1n) is 35.4. The molecule has 0 unspecified atom stereocenters. The summed E-state index contributed by atoms with van der Waals surface area (Å²) < 4.78 is 41.0. The molecule has 0 saturated heterocycles. The van der Waals surface area contributed by atoms with Gasteiger partial charge < -0.3 is 73.4 Å². The highest BCUT2D eigenvalue weighted by atomic mass is 16.6. The molecule has 15 rings (SSSR count). The number of carbonyl (C=O) groups excluding carboxylic acids is 7. The van der Waals surface area contributed by atoms with Gasteiger partial charge in [-0.3, -0.25) is 59.1 Å². The van der Waals surface area contributed by atoms with Crippen molar-refractivity contribution in [2.24, 2.45) is 5.73 Å². The molecule has 3 aromatic carbocycles. The van der Waals surface area contributed by atoms with E-state index in [2.05, 4.69) is 25.6 Å². The van der Waals surface area contributed by atoms with Crippen molar-refractivity contribution in [2.45, 2.75) is 171 Å². The van der Waals surface area contributed by atoms with Crippen molar-refractivity contribution in [3.8, 4) is 34.2 Å². The van der Waals surface area contributed by atoms with E-state index >= 15 is 0 Å². The first-order valence-corrected chi connectivity index (χ1v) is 35.4. The Balaban J connectivity index is 0.000000186. The van der Waals surface area contributed by atoms with Gasteiger partial charge in [0.25, 0.3) is 33.7 Å². The fourth-order valence-corrected chi connectivity index (χ4v) is 14.1. The molecule has 117 heavy (non-hydrogen) atoms. The number of rotatable bonds is 13. The molecule has 6 aliphatic heterocycles. The third kappa shape index (κ3) is 16.1.